The van der Waals surface area contributed by atoms with Crippen LogP contribution in [0.3, 0.4) is 0 Å². The Morgan fingerprint density at radius 2 is 1.93 bits per heavy atom. The van der Waals surface area contributed by atoms with Gasteiger partial charge in [0.25, 0.3) is 0 Å². The van der Waals surface area contributed by atoms with Gasteiger partial charge < -0.3 is 14.7 Å². The minimum Gasteiger partial charge on any atom is -0.482 e. The van der Waals surface area contributed by atoms with E-state index in [1.165, 1.54) is 0 Å². The molecule has 0 amide bonds. The summed E-state index contributed by atoms with van der Waals surface area (Å²) in [5, 5.41) is 8.38. The highest BCUT2D eigenvalue weighted by molar-refractivity contribution is 5.68. The van der Waals surface area contributed by atoms with Crippen molar-refractivity contribution in [3.05, 3.63) is 24.3 Å². The van der Waals surface area contributed by atoms with Gasteiger partial charge in [-0.15, -0.1) is 0 Å². The van der Waals surface area contributed by atoms with Crippen LogP contribution in [0.4, 0.5) is 5.69 Å². The molecule has 0 atom stereocenters. The van der Waals surface area contributed by atoms with E-state index in [-0.39, 0.29) is 6.61 Å². The van der Waals surface area contributed by atoms with E-state index in [1.807, 2.05) is 31.1 Å². The third kappa shape index (κ3) is 2.97. The first-order valence-electron chi connectivity index (χ1n) is 4.21. The number of anilines is 1. The number of carbonyl (C=O) groups is 1. The fourth-order valence-corrected chi connectivity index (χ4v) is 0.986. The van der Waals surface area contributed by atoms with Crippen LogP contribution in [0.5, 0.6) is 5.75 Å². The van der Waals surface area contributed by atoms with E-state index in [0.29, 0.717) is 5.75 Å². The SMILES string of the molecule is CN(C)c1ccc(OCC(=O)O)cc1. The molecule has 0 aromatic heterocycles. The maximum atomic E-state index is 10.2. The van der Waals surface area contributed by atoms with Crippen molar-refractivity contribution in [1.29, 1.82) is 0 Å². The van der Waals surface area contributed by atoms with Gasteiger partial charge in [0.1, 0.15) is 5.75 Å². The lowest BCUT2D eigenvalue weighted by molar-refractivity contribution is -0.139. The molecule has 0 fully saturated rings. The summed E-state index contributed by atoms with van der Waals surface area (Å²) < 4.78 is 4.98. The Morgan fingerprint density at radius 1 is 1.36 bits per heavy atom. The van der Waals surface area contributed by atoms with Crippen molar-refractivity contribution in [2.75, 3.05) is 25.6 Å². The summed E-state index contributed by atoms with van der Waals surface area (Å²) in [4.78, 5) is 12.2. The van der Waals surface area contributed by atoms with E-state index >= 15 is 0 Å². The van der Waals surface area contributed by atoms with E-state index in [2.05, 4.69) is 0 Å². The number of rotatable bonds is 4. The molecule has 1 rings (SSSR count). The van der Waals surface area contributed by atoms with Gasteiger partial charge in [0.05, 0.1) is 0 Å². The van der Waals surface area contributed by atoms with Crippen LogP contribution in [0.25, 0.3) is 0 Å². The normalized spacial score (nSPS) is 9.57. The molecule has 0 spiro atoms. The second-order valence-electron chi connectivity index (χ2n) is 3.07. The monoisotopic (exact) mass is 195 g/mol. The van der Waals surface area contributed by atoms with Gasteiger partial charge in [-0.3, -0.25) is 0 Å². The van der Waals surface area contributed by atoms with Crippen LogP contribution in [0.1, 0.15) is 0 Å². The number of aliphatic carboxylic acids is 1. The van der Waals surface area contributed by atoms with Crippen LogP contribution in [0.2, 0.25) is 0 Å². The van der Waals surface area contributed by atoms with Crippen molar-refractivity contribution in [2.45, 2.75) is 0 Å². The zero-order valence-electron chi connectivity index (χ0n) is 8.23. The van der Waals surface area contributed by atoms with Gasteiger partial charge in [-0.2, -0.15) is 0 Å². The van der Waals surface area contributed by atoms with Crippen LogP contribution < -0.4 is 9.64 Å². The van der Waals surface area contributed by atoms with E-state index in [1.54, 1.807) is 12.1 Å². The molecule has 1 aromatic carbocycles. The molecule has 4 heteroatoms. The first-order valence-corrected chi connectivity index (χ1v) is 4.21. The largest absolute Gasteiger partial charge is 0.482 e. The van der Waals surface area contributed by atoms with Crippen molar-refractivity contribution in [1.82, 2.24) is 0 Å². The number of nitrogens with zero attached hydrogens (tertiary/aromatic N) is 1. The summed E-state index contributed by atoms with van der Waals surface area (Å²) in [6.07, 6.45) is 0. The van der Waals surface area contributed by atoms with Crippen LogP contribution in [0, 0.1) is 0 Å². The van der Waals surface area contributed by atoms with E-state index in [4.69, 9.17) is 9.84 Å². The lowest BCUT2D eigenvalue weighted by atomic mass is 10.3. The number of benzene rings is 1. The maximum absolute atomic E-state index is 10.2. The second-order valence-corrected chi connectivity index (χ2v) is 3.07. The smallest absolute Gasteiger partial charge is 0.341 e. The van der Waals surface area contributed by atoms with Crippen LogP contribution in [-0.2, 0) is 4.79 Å². The second kappa shape index (κ2) is 4.50. The predicted octanol–water partition coefficient (Wildman–Crippen LogP) is 1.22. The molecule has 0 heterocycles. The number of carboxylic acid groups (broad SMARTS) is 1. The van der Waals surface area contributed by atoms with Crippen molar-refractivity contribution in [2.24, 2.45) is 0 Å². The molecule has 0 radical (unpaired) electrons. The molecule has 0 saturated heterocycles. The summed E-state index contributed by atoms with van der Waals surface area (Å²) in [7, 11) is 3.88. The molecule has 0 saturated carbocycles. The minimum absolute atomic E-state index is 0.304. The fourth-order valence-electron chi connectivity index (χ4n) is 0.986. The summed E-state index contributed by atoms with van der Waals surface area (Å²) in [5.41, 5.74) is 1.05. The topological polar surface area (TPSA) is 49.8 Å². The molecule has 14 heavy (non-hydrogen) atoms. The van der Waals surface area contributed by atoms with Gasteiger partial charge in [0.2, 0.25) is 0 Å². The predicted molar refractivity (Wildman–Crippen MR) is 53.9 cm³/mol. The Morgan fingerprint density at radius 3 is 2.36 bits per heavy atom. The Bertz CT molecular complexity index is 306. The van der Waals surface area contributed by atoms with Crippen LogP contribution in [0.15, 0.2) is 24.3 Å². The van der Waals surface area contributed by atoms with Crippen LogP contribution >= 0.6 is 0 Å². The molecule has 0 aliphatic rings. The molecule has 76 valence electrons. The lowest BCUT2D eigenvalue weighted by Crippen LogP contribution is -2.10. The summed E-state index contributed by atoms with van der Waals surface area (Å²) in [6.45, 7) is -0.304. The number of ether oxygens (including phenoxy) is 1. The van der Waals surface area contributed by atoms with Crippen molar-refractivity contribution in [3.8, 4) is 5.75 Å². The molecular weight excluding hydrogens is 182 g/mol. The Labute approximate surface area is 82.7 Å². The molecule has 1 N–H and O–H groups in total. The average molecular weight is 195 g/mol. The number of hydrogen-bond acceptors (Lipinski definition) is 3. The summed E-state index contributed by atoms with van der Waals surface area (Å²) in [6, 6.07) is 7.24. The minimum atomic E-state index is -0.971. The quantitative estimate of drug-likeness (QED) is 0.784. The number of hydrogen-bond donors (Lipinski definition) is 1. The molecule has 0 aliphatic carbocycles. The van der Waals surface area contributed by atoms with Crippen molar-refractivity contribution in [3.63, 3.8) is 0 Å². The Kier molecular flexibility index (Phi) is 3.34. The molecule has 0 aliphatic heterocycles. The molecule has 0 bridgehead atoms. The van der Waals surface area contributed by atoms with Gasteiger partial charge in [-0.05, 0) is 24.3 Å². The zero-order chi connectivity index (χ0) is 10.6. The number of carboxylic acids is 1. The third-order valence-corrected chi connectivity index (χ3v) is 1.72. The fraction of sp³-hybridized carbons (Fsp3) is 0.300. The molecule has 4 nitrogen and oxygen atoms in total. The third-order valence-electron chi connectivity index (χ3n) is 1.72. The van der Waals surface area contributed by atoms with E-state index in [9.17, 15) is 4.79 Å². The van der Waals surface area contributed by atoms with Crippen molar-refractivity contribution >= 4 is 11.7 Å². The van der Waals surface area contributed by atoms with Crippen molar-refractivity contribution < 1.29 is 14.6 Å². The molecule has 0 unspecified atom stereocenters. The Balaban J connectivity index is 2.59. The Hall–Kier alpha value is -1.71. The maximum Gasteiger partial charge on any atom is 0.341 e. The molecule has 1 aromatic rings. The van der Waals surface area contributed by atoms with Gasteiger partial charge in [0, 0.05) is 19.8 Å². The highest BCUT2D eigenvalue weighted by Gasteiger charge is 1.99. The highest BCUT2D eigenvalue weighted by Crippen LogP contribution is 2.17. The van der Waals surface area contributed by atoms with Gasteiger partial charge in [-0.25, -0.2) is 4.79 Å². The van der Waals surface area contributed by atoms with Gasteiger partial charge >= 0.3 is 5.97 Å². The summed E-state index contributed by atoms with van der Waals surface area (Å²) >= 11 is 0. The average Bonchev–Trinajstić information content (AvgIpc) is 2.15. The standard InChI is InChI=1S/C10H13NO3/c1-11(2)8-3-5-9(6-4-8)14-7-10(12)13/h3-6H,7H2,1-2H3,(H,12,13). The highest BCUT2D eigenvalue weighted by atomic mass is 16.5. The lowest BCUT2D eigenvalue weighted by Gasteiger charge is -2.12. The molecular formula is C10H13NO3. The first-order chi connectivity index (χ1) is 6.59. The van der Waals surface area contributed by atoms with E-state index in [0.717, 1.165) is 5.69 Å². The van der Waals surface area contributed by atoms with Gasteiger partial charge in [0.15, 0.2) is 6.61 Å². The first kappa shape index (κ1) is 10.4. The van der Waals surface area contributed by atoms with Crippen LogP contribution in [-0.4, -0.2) is 31.8 Å². The van der Waals surface area contributed by atoms with Gasteiger partial charge in [-0.1, -0.05) is 0 Å². The zero-order valence-corrected chi connectivity index (χ0v) is 8.23. The van der Waals surface area contributed by atoms with E-state index < -0.39 is 5.97 Å². The summed E-state index contributed by atoms with van der Waals surface area (Å²) in [5.74, 6) is -0.403.